The summed E-state index contributed by atoms with van der Waals surface area (Å²) in [6, 6.07) is 29.2. The van der Waals surface area contributed by atoms with E-state index in [1.54, 1.807) is 11.3 Å². The van der Waals surface area contributed by atoms with Gasteiger partial charge in [0.2, 0.25) is 0 Å². The lowest BCUT2D eigenvalue weighted by molar-refractivity contribution is 0.836. The lowest BCUT2D eigenvalue weighted by Gasteiger charge is -2.05. The summed E-state index contributed by atoms with van der Waals surface area (Å²) in [7, 11) is 0. The van der Waals surface area contributed by atoms with Crippen molar-refractivity contribution in [2.45, 2.75) is 10.9 Å². The van der Waals surface area contributed by atoms with Gasteiger partial charge in [0.15, 0.2) is 4.34 Å². The zero-order chi connectivity index (χ0) is 20.3. The fourth-order valence-corrected chi connectivity index (χ4v) is 5.48. The van der Waals surface area contributed by atoms with Gasteiger partial charge in [0.05, 0.1) is 15.1 Å². The molecule has 0 radical (unpaired) electrons. The van der Waals surface area contributed by atoms with Crippen LogP contribution < -0.4 is 0 Å². The van der Waals surface area contributed by atoms with Gasteiger partial charge in [0, 0.05) is 29.2 Å². The Bertz CT molecular complexity index is 1370. The van der Waals surface area contributed by atoms with Gasteiger partial charge in [0.25, 0.3) is 0 Å². The largest absolute Gasteiger partial charge is 0.342 e. The van der Waals surface area contributed by atoms with Crippen molar-refractivity contribution in [2.24, 2.45) is 0 Å². The summed E-state index contributed by atoms with van der Waals surface area (Å²) in [6.07, 6.45) is 4.11. The molecule has 0 aliphatic heterocycles. The van der Waals surface area contributed by atoms with Crippen molar-refractivity contribution in [3.63, 3.8) is 0 Å². The molecule has 0 amide bonds. The summed E-state index contributed by atoms with van der Waals surface area (Å²) in [4.78, 5) is 5.29. The van der Waals surface area contributed by atoms with Crippen molar-refractivity contribution in [1.82, 2.24) is 9.55 Å². The molecule has 0 saturated heterocycles. The quantitative estimate of drug-likeness (QED) is 0.227. The molecule has 3 aromatic carbocycles. The molecule has 2 heterocycles. The number of rotatable bonds is 5. The summed E-state index contributed by atoms with van der Waals surface area (Å²) in [5.41, 5.74) is 4.43. The molecular formula is C25H17N3S2. The molecule has 0 fully saturated rings. The summed E-state index contributed by atoms with van der Waals surface area (Å²) < 4.78 is 4.27. The molecule has 0 unspecified atom stereocenters. The van der Waals surface area contributed by atoms with Crippen LogP contribution in [-0.4, -0.2) is 9.55 Å². The van der Waals surface area contributed by atoms with Crippen LogP contribution in [0.15, 0.2) is 94.3 Å². The van der Waals surface area contributed by atoms with E-state index in [1.165, 1.54) is 17.3 Å². The van der Waals surface area contributed by atoms with E-state index in [4.69, 9.17) is 0 Å². The van der Waals surface area contributed by atoms with Crippen LogP contribution in [0.1, 0.15) is 11.1 Å². The van der Waals surface area contributed by atoms with Crippen LogP contribution in [0.3, 0.4) is 0 Å². The lowest BCUT2D eigenvalue weighted by atomic mass is 10.1. The smallest absolute Gasteiger partial charge is 0.156 e. The normalized spacial score (nSPS) is 11.8. The van der Waals surface area contributed by atoms with Gasteiger partial charge in [0.1, 0.15) is 6.07 Å². The first-order valence-electron chi connectivity index (χ1n) is 9.57. The molecule has 0 atom stereocenters. The summed E-state index contributed by atoms with van der Waals surface area (Å²) in [6.45, 7) is 0.794. The van der Waals surface area contributed by atoms with Gasteiger partial charge in [-0.05, 0) is 41.6 Å². The number of aromatic nitrogens is 2. The molecule has 0 bridgehead atoms. The molecule has 0 aliphatic carbocycles. The number of fused-ring (bicyclic) bond motifs is 2. The number of allylic oxidation sites excluding steroid dienone is 1. The molecule has 2 aromatic heterocycles. The maximum atomic E-state index is 9.77. The number of thiazole rings is 1. The third kappa shape index (κ3) is 3.76. The van der Waals surface area contributed by atoms with E-state index in [9.17, 15) is 5.26 Å². The second-order valence-corrected chi connectivity index (χ2v) is 9.20. The number of para-hydroxylation sites is 2. The Kier molecular flexibility index (Phi) is 5.10. The number of hydrogen-bond donors (Lipinski definition) is 0. The first-order valence-corrected chi connectivity index (χ1v) is 11.2. The van der Waals surface area contributed by atoms with E-state index < -0.39 is 0 Å². The Morgan fingerprint density at radius 2 is 1.77 bits per heavy atom. The van der Waals surface area contributed by atoms with Gasteiger partial charge in [-0.3, -0.25) is 0 Å². The Balaban J connectivity index is 1.51. The molecular weight excluding hydrogens is 406 g/mol. The minimum Gasteiger partial charge on any atom is -0.342 e. The van der Waals surface area contributed by atoms with Crippen LogP contribution in [-0.2, 0) is 6.54 Å². The molecule has 5 heteroatoms. The average molecular weight is 424 g/mol. The third-order valence-corrected chi connectivity index (χ3v) is 6.91. The number of nitriles is 1. The number of nitrogens with zero attached hydrogens (tertiary/aromatic N) is 3. The first kappa shape index (κ1) is 18.7. The second kappa shape index (κ2) is 8.19. The van der Waals surface area contributed by atoms with E-state index in [0.29, 0.717) is 4.91 Å². The number of benzene rings is 3. The molecule has 0 aliphatic rings. The van der Waals surface area contributed by atoms with Crippen molar-refractivity contribution >= 4 is 50.3 Å². The van der Waals surface area contributed by atoms with Crippen molar-refractivity contribution < 1.29 is 0 Å². The predicted octanol–water partition coefficient (Wildman–Crippen LogP) is 6.96. The van der Waals surface area contributed by atoms with E-state index >= 15 is 0 Å². The van der Waals surface area contributed by atoms with Gasteiger partial charge < -0.3 is 4.57 Å². The Labute approximate surface area is 182 Å². The van der Waals surface area contributed by atoms with Crippen LogP contribution in [0.5, 0.6) is 0 Å². The topological polar surface area (TPSA) is 41.6 Å². The van der Waals surface area contributed by atoms with Gasteiger partial charge in [-0.25, -0.2) is 4.98 Å². The highest BCUT2D eigenvalue weighted by Crippen LogP contribution is 2.35. The summed E-state index contributed by atoms with van der Waals surface area (Å²) in [5.74, 6) is 0. The number of hydrogen-bond acceptors (Lipinski definition) is 4. The zero-order valence-electron chi connectivity index (χ0n) is 16.0. The van der Waals surface area contributed by atoms with Crippen LogP contribution in [0.4, 0.5) is 0 Å². The molecule has 0 N–H and O–H groups in total. The highest BCUT2D eigenvalue weighted by Gasteiger charge is 2.11. The summed E-state index contributed by atoms with van der Waals surface area (Å²) in [5, 5.41) is 10.9. The Hall–Kier alpha value is -3.33. The third-order valence-electron chi connectivity index (χ3n) is 4.88. The van der Waals surface area contributed by atoms with Crippen molar-refractivity contribution in [3.05, 3.63) is 101 Å². The highest BCUT2D eigenvalue weighted by atomic mass is 32.2. The minimum atomic E-state index is 0.636. The Morgan fingerprint density at radius 3 is 2.60 bits per heavy atom. The molecule has 0 spiro atoms. The molecule has 0 saturated carbocycles. The number of thioether (sulfide) groups is 1. The van der Waals surface area contributed by atoms with Crippen LogP contribution in [0, 0.1) is 11.3 Å². The zero-order valence-corrected chi connectivity index (χ0v) is 17.7. The van der Waals surface area contributed by atoms with Crippen molar-refractivity contribution in [3.8, 4) is 6.07 Å². The molecule has 5 rings (SSSR count). The fourth-order valence-electron chi connectivity index (χ4n) is 3.52. The van der Waals surface area contributed by atoms with Gasteiger partial charge in [-0.1, -0.05) is 60.7 Å². The monoisotopic (exact) mass is 423 g/mol. The van der Waals surface area contributed by atoms with E-state index in [0.717, 1.165) is 37.6 Å². The first-order chi connectivity index (χ1) is 14.8. The van der Waals surface area contributed by atoms with Crippen LogP contribution in [0.25, 0.3) is 27.2 Å². The summed E-state index contributed by atoms with van der Waals surface area (Å²) >= 11 is 3.05. The van der Waals surface area contributed by atoms with Gasteiger partial charge in [-0.15, -0.1) is 11.3 Å². The average Bonchev–Trinajstić information content (AvgIpc) is 3.35. The molecule has 5 aromatic rings. The van der Waals surface area contributed by atoms with Crippen LogP contribution in [0.2, 0.25) is 0 Å². The maximum Gasteiger partial charge on any atom is 0.156 e. The molecule has 30 heavy (non-hydrogen) atoms. The van der Waals surface area contributed by atoms with Crippen LogP contribution >= 0.6 is 23.1 Å². The SMILES string of the molecule is N#C/C(=C\c1cn(Cc2ccccc2)c2ccccc12)Sc1nc2ccccc2s1. The minimum absolute atomic E-state index is 0.636. The second-order valence-electron chi connectivity index (χ2n) is 6.89. The molecule has 144 valence electrons. The maximum absolute atomic E-state index is 9.77. The fraction of sp³-hybridized carbons (Fsp3) is 0.0400. The van der Waals surface area contributed by atoms with Crippen molar-refractivity contribution in [1.29, 1.82) is 5.26 Å². The lowest BCUT2D eigenvalue weighted by Crippen LogP contribution is -1.97. The van der Waals surface area contributed by atoms with Gasteiger partial charge in [-0.2, -0.15) is 5.26 Å². The molecule has 3 nitrogen and oxygen atoms in total. The van der Waals surface area contributed by atoms with Gasteiger partial charge >= 0.3 is 0 Å². The highest BCUT2D eigenvalue weighted by molar-refractivity contribution is 8.05. The standard InChI is InChI=1S/C25H17N3S2/c26-15-20(29-25-27-22-11-5-7-13-24(22)30-25)14-19-17-28(16-18-8-2-1-3-9-18)23-12-6-4-10-21(19)23/h1-14,17H,16H2/b20-14+. The predicted molar refractivity (Wildman–Crippen MR) is 127 cm³/mol. The Morgan fingerprint density at radius 1 is 1.00 bits per heavy atom. The van der Waals surface area contributed by atoms with Crippen molar-refractivity contribution in [2.75, 3.05) is 0 Å². The van der Waals surface area contributed by atoms with E-state index in [2.05, 4.69) is 70.3 Å². The van der Waals surface area contributed by atoms with E-state index in [-0.39, 0.29) is 0 Å². The van der Waals surface area contributed by atoms with E-state index in [1.807, 2.05) is 36.4 Å².